The molecule has 0 bridgehead atoms. The van der Waals surface area contributed by atoms with Crippen LogP contribution in [-0.2, 0) is 4.79 Å². The summed E-state index contributed by atoms with van der Waals surface area (Å²) in [5.41, 5.74) is 0.0354. The summed E-state index contributed by atoms with van der Waals surface area (Å²) in [6.45, 7) is 4.51. The molecule has 2 saturated carbocycles. The van der Waals surface area contributed by atoms with E-state index in [9.17, 15) is 4.79 Å². The lowest BCUT2D eigenvalue weighted by Gasteiger charge is -2.39. The van der Waals surface area contributed by atoms with Crippen molar-refractivity contribution < 1.29 is 4.79 Å². The summed E-state index contributed by atoms with van der Waals surface area (Å²) in [6, 6.07) is 0. The van der Waals surface area contributed by atoms with Crippen LogP contribution < -0.4 is 0 Å². The normalized spacial score (nSPS) is 33.3. The molecule has 2 aliphatic carbocycles. The van der Waals surface area contributed by atoms with Crippen molar-refractivity contribution >= 4 is 5.78 Å². The highest BCUT2D eigenvalue weighted by Gasteiger charge is 2.41. The molecule has 2 fully saturated rings. The summed E-state index contributed by atoms with van der Waals surface area (Å²) in [7, 11) is 0. The highest BCUT2D eigenvalue weighted by molar-refractivity contribution is 5.87. The van der Waals surface area contributed by atoms with E-state index in [4.69, 9.17) is 0 Å². The second-order valence-electron chi connectivity index (χ2n) is 6.54. The minimum Gasteiger partial charge on any atom is -0.299 e. The van der Waals surface area contributed by atoms with Crippen LogP contribution in [0.2, 0.25) is 0 Å². The molecule has 0 amide bonds. The minimum atomic E-state index is 0.0354. The van der Waals surface area contributed by atoms with Crippen LogP contribution in [0.3, 0.4) is 0 Å². The van der Waals surface area contributed by atoms with Gasteiger partial charge >= 0.3 is 0 Å². The predicted octanol–water partition coefficient (Wildman–Crippen LogP) is 4.74. The number of ketones is 1. The summed E-state index contributed by atoms with van der Waals surface area (Å²) < 4.78 is 0. The Kier molecular flexibility index (Phi) is 4.27. The fourth-order valence-corrected chi connectivity index (χ4v) is 4.07. The van der Waals surface area contributed by atoms with Crippen molar-refractivity contribution in [2.75, 3.05) is 0 Å². The molecule has 98 valence electrons. The summed E-state index contributed by atoms with van der Waals surface area (Å²) in [4.78, 5) is 12.8. The summed E-state index contributed by atoms with van der Waals surface area (Å²) in [5.74, 6) is 1.72. The number of carbonyl (C=O) groups excluding carboxylic acids is 1. The molecule has 2 rings (SSSR count). The maximum Gasteiger partial charge on any atom is 0.142 e. The maximum absolute atomic E-state index is 12.8. The molecule has 0 heterocycles. The van der Waals surface area contributed by atoms with Crippen molar-refractivity contribution in [3.8, 4) is 0 Å². The molecule has 0 saturated heterocycles. The Labute approximate surface area is 106 Å². The summed E-state index contributed by atoms with van der Waals surface area (Å²) in [5, 5.41) is 0. The molecule has 0 aromatic rings. The highest BCUT2D eigenvalue weighted by Crippen LogP contribution is 2.43. The standard InChI is InChI=1S/C16H28O/c1-3-13-9-5-6-10-14(13)15(17)16(2)11-7-4-8-12-16/h13-14H,3-12H2,1-2H3/t13?,14-/m1/s1. The van der Waals surface area contributed by atoms with Crippen LogP contribution in [0.25, 0.3) is 0 Å². The molecule has 2 aliphatic rings. The van der Waals surface area contributed by atoms with E-state index in [0.717, 1.165) is 12.8 Å². The highest BCUT2D eigenvalue weighted by atomic mass is 16.1. The van der Waals surface area contributed by atoms with Gasteiger partial charge in [-0.3, -0.25) is 4.79 Å². The molecule has 1 heteroatoms. The predicted molar refractivity (Wildman–Crippen MR) is 71.9 cm³/mol. The second-order valence-corrected chi connectivity index (χ2v) is 6.54. The average Bonchev–Trinajstić information content (AvgIpc) is 2.38. The van der Waals surface area contributed by atoms with Crippen molar-refractivity contribution in [1.29, 1.82) is 0 Å². The topological polar surface area (TPSA) is 17.1 Å². The first-order valence-electron chi connectivity index (χ1n) is 7.72. The minimum absolute atomic E-state index is 0.0354. The smallest absolute Gasteiger partial charge is 0.142 e. The number of hydrogen-bond acceptors (Lipinski definition) is 1. The Balaban J connectivity index is 2.06. The molecule has 0 N–H and O–H groups in total. The number of hydrogen-bond donors (Lipinski definition) is 0. The van der Waals surface area contributed by atoms with Crippen LogP contribution >= 0.6 is 0 Å². The molecule has 1 unspecified atom stereocenters. The second kappa shape index (κ2) is 5.54. The SMILES string of the molecule is CCC1CCCC[C@H]1C(=O)C1(C)CCCCC1. The maximum atomic E-state index is 12.8. The van der Waals surface area contributed by atoms with E-state index < -0.39 is 0 Å². The van der Waals surface area contributed by atoms with Crippen LogP contribution in [0, 0.1) is 17.3 Å². The Morgan fingerprint density at radius 2 is 1.71 bits per heavy atom. The Bertz CT molecular complexity index is 263. The zero-order valence-electron chi connectivity index (χ0n) is 11.6. The number of rotatable bonds is 3. The van der Waals surface area contributed by atoms with Crippen molar-refractivity contribution in [3.05, 3.63) is 0 Å². The molecular weight excluding hydrogens is 208 g/mol. The quantitative estimate of drug-likeness (QED) is 0.691. The van der Waals surface area contributed by atoms with Crippen LogP contribution in [0.1, 0.15) is 78.1 Å². The molecule has 0 radical (unpaired) electrons. The third kappa shape index (κ3) is 2.74. The molecule has 17 heavy (non-hydrogen) atoms. The van der Waals surface area contributed by atoms with Gasteiger partial charge in [-0.1, -0.05) is 52.4 Å². The van der Waals surface area contributed by atoms with E-state index in [-0.39, 0.29) is 5.41 Å². The number of carbonyl (C=O) groups is 1. The van der Waals surface area contributed by atoms with E-state index in [2.05, 4.69) is 13.8 Å². The molecule has 0 aliphatic heterocycles. The molecule has 0 spiro atoms. The first kappa shape index (κ1) is 13.1. The molecule has 1 nitrogen and oxygen atoms in total. The van der Waals surface area contributed by atoms with Gasteiger partial charge in [0.2, 0.25) is 0 Å². The van der Waals surface area contributed by atoms with Gasteiger partial charge < -0.3 is 0 Å². The van der Waals surface area contributed by atoms with E-state index in [1.807, 2.05) is 0 Å². The van der Waals surface area contributed by atoms with Gasteiger partial charge in [-0.05, 0) is 31.6 Å². The van der Waals surface area contributed by atoms with E-state index in [1.54, 1.807) is 0 Å². The third-order valence-corrected chi connectivity index (χ3v) is 5.32. The van der Waals surface area contributed by atoms with E-state index in [0.29, 0.717) is 17.6 Å². The lowest BCUT2D eigenvalue weighted by molar-refractivity contribution is -0.136. The Morgan fingerprint density at radius 3 is 2.35 bits per heavy atom. The first-order chi connectivity index (χ1) is 8.17. The van der Waals surface area contributed by atoms with Crippen LogP contribution in [0.5, 0.6) is 0 Å². The fraction of sp³-hybridized carbons (Fsp3) is 0.938. The lowest BCUT2D eigenvalue weighted by Crippen LogP contribution is -2.39. The van der Waals surface area contributed by atoms with Gasteiger partial charge in [-0.25, -0.2) is 0 Å². The third-order valence-electron chi connectivity index (χ3n) is 5.32. The van der Waals surface area contributed by atoms with Gasteiger partial charge in [0.15, 0.2) is 0 Å². The Morgan fingerprint density at radius 1 is 1.06 bits per heavy atom. The van der Waals surface area contributed by atoms with E-state index in [1.165, 1.54) is 51.4 Å². The van der Waals surface area contributed by atoms with Crippen LogP contribution in [0.15, 0.2) is 0 Å². The molecule has 0 aromatic heterocycles. The molecule has 0 aromatic carbocycles. The lowest BCUT2D eigenvalue weighted by atomic mass is 9.64. The van der Waals surface area contributed by atoms with Crippen molar-refractivity contribution in [1.82, 2.24) is 0 Å². The first-order valence-corrected chi connectivity index (χ1v) is 7.72. The molecular formula is C16H28O. The monoisotopic (exact) mass is 236 g/mol. The van der Waals surface area contributed by atoms with Crippen molar-refractivity contribution in [2.24, 2.45) is 17.3 Å². The van der Waals surface area contributed by atoms with Gasteiger partial charge in [0, 0.05) is 11.3 Å². The van der Waals surface area contributed by atoms with Gasteiger partial charge in [0.25, 0.3) is 0 Å². The van der Waals surface area contributed by atoms with Gasteiger partial charge in [0.1, 0.15) is 5.78 Å². The zero-order valence-corrected chi connectivity index (χ0v) is 11.6. The fourth-order valence-electron chi connectivity index (χ4n) is 4.07. The van der Waals surface area contributed by atoms with Crippen LogP contribution in [-0.4, -0.2) is 5.78 Å². The van der Waals surface area contributed by atoms with Crippen molar-refractivity contribution in [2.45, 2.75) is 78.1 Å². The van der Waals surface area contributed by atoms with Crippen LogP contribution in [0.4, 0.5) is 0 Å². The van der Waals surface area contributed by atoms with E-state index >= 15 is 0 Å². The van der Waals surface area contributed by atoms with Crippen molar-refractivity contribution in [3.63, 3.8) is 0 Å². The largest absolute Gasteiger partial charge is 0.299 e. The average molecular weight is 236 g/mol. The zero-order chi connectivity index (χ0) is 12.3. The van der Waals surface area contributed by atoms with Gasteiger partial charge in [0.05, 0.1) is 0 Å². The summed E-state index contributed by atoms with van der Waals surface area (Å²) in [6.07, 6.45) is 12.5. The summed E-state index contributed by atoms with van der Waals surface area (Å²) >= 11 is 0. The Hall–Kier alpha value is -0.330. The van der Waals surface area contributed by atoms with Gasteiger partial charge in [-0.2, -0.15) is 0 Å². The van der Waals surface area contributed by atoms with Gasteiger partial charge in [-0.15, -0.1) is 0 Å². The molecule has 2 atom stereocenters. The number of Topliss-reactive ketones (excluding diaryl/α,β-unsaturated/α-hetero) is 1.